The van der Waals surface area contributed by atoms with Gasteiger partial charge in [0.05, 0.1) is 0 Å². The molecule has 2 heterocycles. The second-order valence-electron chi connectivity index (χ2n) is 1.72. The normalized spacial score (nSPS) is 10.2. The van der Waals surface area contributed by atoms with Crippen LogP contribution in [-0.4, -0.2) is 14.6 Å². The lowest BCUT2D eigenvalue weighted by atomic mass is 10.5. The van der Waals surface area contributed by atoms with E-state index in [1.165, 1.54) is 0 Å². The van der Waals surface area contributed by atoms with Gasteiger partial charge in [-0.25, -0.2) is 9.50 Å². The van der Waals surface area contributed by atoms with Crippen LogP contribution in [0.2, 0.25) is 0 Å². The van der Waals surface area contributed by atoms with E-state index in [1.54, 1.807) is 4.52 Å². The molecule has 0 amide bonds. The van der Waals surface area contributed by atoms with Crippen molar-refractivity contribution in [3.63, 3.8) is 0 Å². The fourth-order valence-corrected chi connectivity index (χ4v) is 0.720. The molecule has 0 saturated carbocycles. The smallest absolute Gasteiger partial charge is 0.220 e. The van der Waals surface area contributed by atoms with Crippen molar-refractivity contribution >= 4 is 5.65 Å². The minimum absolute atomic E-state index is 0.831. The summed E-state index contributed by atoms with van der Waals surface area (Å²) in [6, 6.07) is 5.69. The molecule has 3 heteroatoms. The summed E-state index contributed by atoms with van der Waals surface area (Å²) in [5.74, 6) is 0. The standard InChI is InChI=1S/C6H4N3/c1-2-4-9-6(3-1)7-5-8-9/h1-4H. The molecule has 0 fully saturated rings. The zero-order chi connectivity index (χ0) is 6.10. The fraction of sp³-hybridized carbons (Fsp3) is 0. The Morgan fingerprint density at radius 2 is 2.44 bits per heavy atom. The average molecular weight is 118 g/mol. The lowest BCUT2D eigenvalue weighted by molar-refractivity contribution is 0.956. The first kappa shape index (κ1) is 4.49. The van der Waals surface area contributed by atoms with Crippen LogP contribution in [0.25, 0.3) is 5.65 Å². The van der Waals surface area contributed by atoms with E-state index in [9.17, 15) is 0 Å². The highest BCUT2D eigenvalue weighted by molar-refractivity contribution is 5.34. The monoisotopic (exact) mass is 118 g/mol. The third kappa shape index (κ3) is 0.579. The van der Waals surface area contributed by atoms with Gasteiger partial charge in [-0.3, -0.25) is 0 Å². The zero-order valence-electron chi connectivity index (χ0n) is 4.65. The Morgan fingerprint density at radius 1 is 1.44 bits per heavy atom. The Hall–Kier alpha value is -1.38. The molecule has 2 aromatic rings. The van der Waals surface area contributed by atoms with Gasteiger partial charge >= 0.3 is 0 Å². The second kappa shape index (κ2) is 1.55. The van der Waals surface area contributed by atoms with Crippen LogP contribution < -0.4 is 0 Å². The van der Waals surface area contributed by atoms with E-state index < -0.39 is 0 Å². The average Bonchev–Trinajstić information content (AvgIpc) is 2.33. The first-order valence-electron chi connectivity index (χ1n) is 2.64. The number of fused-ring (bicyclic) bond motifs is 1. The molecule has 0 aliphatic heterocycles. The summed E-state index contributed by atoms with van der Waals surface area (Å²) in [5, 5.41) is 3.80. The van der Waals surface area contributed by atoms with Crippen LogP contribution in [0.3, 0.4) is 0 Å². The first-order chi connectivity index (χ1) is 4.47. The molecule has 0 aliphatic rings. The van der Waals surface area contributed by atoms with E-state index >= 15 is 0 Å². The quantitative estimate of drug-likeness (QED) is 0.505. The molecule has 43 valence electrons. The Bertz CT molecular complexity index is 282. The third-order valence-corrected chi connectivity index (χ3v) is 1.14. The van der Waals surface area contributed by atoms with Gasteiger partial charge in [-0.2, -0.15) is 0 Å². The summed E-state index contributed by atoms with van der Waals surface area (Å²) < 4.78 is 1.67. The Labute approximate surface area is 52.0 Å². The number of hydrogen-bond acceptors (Lipinski definition) is 2. The summed E-state index contributed by atoms with van der Waals surface area (Å²) in [4.78, 5) is 3.85. The van der Waals surface area contributed by atoms with E-state index in [2.05, 4.69) is 16.4 Å². The lowest BCUT2D eigenvalue weighted by Gasteiger charge is -1.84. The van der Waals surface area contributed by atoms with Crippen LogP contribution in [0.5, 0.6) is 0 Å². The first-order valence-corrected chi connectivity index (χ1v) is 2.64. The van der Waals surface area contributed by atoms with E-state index in [0.717, 1.165) is 5.65 Å². The van der Waals surface area contributed by atoms with E-state index in [0.29, 0.717) is 0 Å². The van der Waals surface area contributed by atoms with Gasteiger partial charge in [-0.1, -0.05) is 6.07 Å². The van der Waals surface area contributed by atoms with Gasteiger partial charge in [0.2, 0.25) is 6.33 Å². The summed E-state index contributed by atoms with van der Waals surface area (Å²) >= 11 is 0. The number of hydrogen-bond donors (Lipinski definition) is 0. The highest BCUT2D eigenvalue weighted by atomic mass is 15.3. The Balaban J connectivity index is 2.95. The molecule has 0 saturated heterocycles. The van der Waals surface area contributed by atoms with Crippen molar-refractivity contribution in [2.45, 2.75) is 0 Å². The van der Waals surface area contributed by atoms with Gasteiger partial charge in [-0.05, 0) is 12.1 Å². The maximum atomic E-state index is 3.85. The molecular formula is C6H4N3. The van der Waals surface area contributed by atoms with Gasteiger partial charge < -0.3 is 0 Å². The molecule has 0 aromatic carbocycles. The number of aromatic nitrogens is 3. The maximum absolute atomic E-state index is 3.85. The van der Waals surface area contributed by atoms with E-state index in [4.69, 9.17) is 0 Å². The Morgan fingerprint density at radius 3 is 3.33 bits per heavy atom. The molecule has 0 atom stereocenters. The topological polar surface area (TPSA) is 30.2 Å². The molecule has 3 nitrogen and oxygen atoms in total. The summed E-state index contributed by atoms with van der Waals surface area (Å²) in [7, 11) is 0. The molecule has 0 unspecified atom stereocenters. The van der Waals surface area contributed by atoms with Crippen molar-refractivity contribution in [1.82, 2.24) is 14.6 Å². The molecule has 0 bridgehead atoms. The molecule has 0 spiro atoms. The van der Waals surface area contributed by atoms with Crippen molar-refractivity contribution < 1.29 is 0 Å². The van der Waals surface area contributed by atoms with Gasteiger partial charge in [-0.15, -0.1) is 5.10 Å². The molecule has 0 N–H and O–H groups in total. The van der Waals surface area contributed by atoms with Crippen LogP contribution in [0.15, 0.2) is 24.4 Å². The molecule has 0 aliphatic carbocycles. The highest BCUT2D eigenvalue weighted by Gasteiger charge is 1.87. The van der Waals surface area contributed by atoms with E-state index in [1.807, 2.05) is 24.4 Å². The van der Waals surface area contributed by atoms with E-state index in [-0.39, 0.29) is 0 Å². The van der Waals surface area contributed by atoms with Crippen LogP contribution in [0, 0.1) is 6.33 Å². The summed E-state index contributed by atoms with van der Waals surface area (Å²) in [6.07, 6.45) is 4.33. The molecule has 2 rings (SSSR count). The minimum atomic E-state index is 0.831. The number of rotatable bonds is 0. The Kier molecular flexibility index (Phi) is 0.773. The fourth-order valence-electron chi connectivity index (χ4n) is 0.720. The third-order valence-electron chi connectivity index (χ3n) is 1.14. The molecule has 9 heavy (non-hydrogen) atoms. The van der Waals surface area contributed by atoms with Crippen molar-refractivity contribution in [2.24, 2.45) is 0 Å². The summed E-state index contributed by atoms with van der Waals surface area (Å²) in [5.41, 5.74) is 0.831. The van der Waals surface area contributed by atoms with Crippen molar-refractivity contribution in [3.05, 3.63) is 30.7 Å². The number of nitrogens with zero attached hydrogens (tertiary/aromatic N) is 3. The van der Waals surface area contributed by atoms with Crippen LogP contribution >= 0.6 is 0 Å². The van der Waals surface area contributed by atoms with Crippen LogP contribution in [-0.2, 0) is 0 Å². The maximum Gasteiger partial charge on any atom is 0.221 e. The molecule has 2 aromatic heterocycles. The largest absolute Gasteiger partial charge is 0.221 e. The second-order valence-corrected chi connectivity index (χ2v) is 1.72. The predicted octanol–water partition coefficient (Wildman–Crippen LogP) is 0.529. The van der Waals surface area contributed by atoms with Gasteiger partial charge in [0.25, 0.3) is 0 Å². The lowest BCUT2D eigenvalue weighted by Crippen LogP contribution is -1.82. The SMILES string of the molecule is [c]1nc2ccccn2n1. The van der Waals surface area contributed by atoms with Crippen molar-refractivity contribution in [3.8, 4) is 0 Å². The van der Waals surface area contributed by atoms with Crippen LogP contribution in [0.4, 0.5) is 0 Å². The molecule has 1 radical (unpaired) electrons. The van der Waals surface area contributed by atoms with Gasteiger partial charge in [0, 0.05) is 6.20 Å². The van der Waals surface area contributed by atoms with Gasteiger partial charge in [0.15, 0.2) is 5.65 Å². The number of pyridine rings is 1. The summed E-state index contributed by atoms with van der Waals surface area (Å²) in [6.45, 7) is 0. The van der Waals surface area contributed by atoms with Crippen molar-refractivity contribution in [1.29, 1.82) is 0 Å². The predicted molar refractivity (Wildman–Crippen MR) is 31.8 cm³/mol. The van der Waals surface area contributed by atoms with Crippen LogP contribution in [0.1, 0.15) is 0 Å². The highest BCUT2D eigenvalue weighted by Crippen LogP contribution is 1.93. The van der Waals surface area contributed by atoms with Gasteiger partial charge in [0.1, 0.15) is 0 Å². The molecular weight excluding hydrogens is 114 g/mol. The van der Waals surface area contributed by atoms with Crippen molar-refractivity contribution in [2.75, 3.05) is 0 Å². The zero-order valence-corrected chi connectivity index (χ0v) is 4.65. The minimum Gasteiger partial charge on any atom is -0.220 e.